The van der Waals surface area contributed by atoms with Gasteiger partial charge >= 0.3 is 11.9 Å². The van der Waals surface area contributed by atoms with Crippen LogP contribution in [-0.2, 0) is 12.7 Å². The summed E-state index contributed by atoms with van der Waals surface area (Å²) in [6, 6.07) is 2.00. The van der Waals surface area contributed by atoms with Crippen LogP contribution in [0.25, 0.3) is 5.52 Å². The second kappa shape index (κ2) is 10.8. The molecule has 2 aromatic heterocycles. The largest absolute Gasteiger partial charge is 0.418 e. The standard InChI is InChI=1S/C27H39F3N6OS/c1-18-5-4-10-33(13-18)14-19-11-23(27(28,29)30)24-16-34(26(37)35(24)15-19)21-8-3-9-22(12-21)36(20-6-2-7-20)25-32-31-17-38-25/h11,15-16,18,20-22,25,31-32H,2-10,12-14,17H2,1H3/t18-,21?,22?,25?/m0/s1. The van der Waals surface area contributed by atoms with Crippen molar-refractivity contribution in [3.05, 3.63) is 40.1 Å². The zero-order valence-electron chi connectivity index (χ0n) is 22.1. The number of alkyl halides is 3. The van der Waals surface area contributed by atoms with Gasteiger partial charge in [-0.15, -0.1) is 11.8 Å². The molecule has 4 atom stereocenters. The minimum Gasteiger partial charge on any atom is -0.299 e. The molecule has 11 heteroatoms. The van der Waals surface area contributed by atoms with Gasteiger partial charge in [-0.05, 0) is 75.5 Å². The number of piperidine rings is 1. The molecular formula is C27H39F3N6OS. The Bertz CT molecular complexity index is 1190. The number of aromatic nitrogens is 2. The average molecular weight is 553 g/mol. The first-order valence-electron chi connectivity index (χ1n) is 14.2. The van der Waals surface area contributed by atoms with Crippen LogP contribution in [0.5, 0.6) is 0 Å². The maximum Gasteiger partial charge on any atom is 0.418 e. The van der Waals surface area contributed by atoms with Crippen molar-refractivity contribution in [2.45, 2.75) is 101 Å². The number of pyridine rings is 1. The van der Waals surface area contributed by atoms with Crippen LogP contribution in [-0.4, -0.2) is 55.3 Å². The van der Waals surface area contributed by atoms with Crippen molar-refractivity contribution in [3.63, 3.8) is 0 Å². The molecule has 4 fully saturated rings. The molecule has 7 nitrogen and oxygen atoms in total. The summed E-state index contributed by atoms with van der Waals surface area (Å²) < 4.78 is 45.6. The minimum atomic E-state index is -4.52. The highest BCUT2D eigenvalue weighted by molar-refractivity contribution is 7.99. The van der Waals surface area contributed by atoms with E-state index in [9.17, 15) is 18.0 Å². The molecule has 2 aliphatic heterocycles. The van der Waals surface area contributed by atoms with Crippen LogP contribution in [0, 0.1) is 5.92 Å². The molecule has 4 heterocycles. The second-order valence-electron chi connectivity index (χ2n) is 11.8. The monoisotopic (exact) mass is 552 g/mol. The van der Waals surface area contributed by atoms with Gasteiger partial charge in [0, 0.05) is 43.6 Å². The van der Waals surface area contributed by atoms with Crippen LogP contribution in [0.3, 0.4) is 0 Å². The van der Waals surface area contributed by atoms with E-state index in [0.29, 0.717) is 30.1 Å². The summed E-state index contributed by atoms with van der Waals surface area (Å²) in [5.41, 5.74) is 6.27. The maximum atomic E-state index is 14.2. The van der Waals surface area contributed by atoms with E-state index in [0.717, 1.165) is 57.5 Å². The molecule has 2 saturated heterocycles. The van der Waals surface area contributed by atoms with Gasteiger partial charge in [-0.2, -0.15) is 13.2 Å². The minimum absolute atomic E-state index is 0.0338. The molecule has 0 bridgehead atoms. The molecule has 38 heavy (non-hydrogen) atoms. The van der Waals surface area contributed by atoms with Crippen LogP contribution in [0.1, 0.15) is 81.9 Å². The first-order valence-corrected chi connectivity index (χ1v) is 15.3. The molecule has 0 amide bonds. The van der Waals surface area contributed by atoms with Crippen molar-refractivity contribution in [2.75, 3.05) is 19.0 Å². The maximum absolute atomic E-state index is 14.2. The highest BCUT2D eigenvalue weighted by Gasteiger charge is 2.40. The van der Waals surface area contributed by atoms with Gasteiger partial charge in [-0.25, -0.2) is 15.6 Å². The molecule has 4 aliphatic rings. The Balaban J connectivity index is 1.30. The first kappa shape index (κ1) is 26.7. The van der Waals surface area contributed by atoms with Crippen molar-refractivity contribution in [1.29, 1.82) is 0 Å². The number of nitrogens with one attached hydrogen (secondary N) is 2. The topological polar surface area (TPSA) is 57.0 Å². The van der Waals surface area contributed by atoms with Crippen molar-refractivity contribution in [1.82, 2.24) is 29.6 Å². The number of hydrogen-bond acceptors (Lipinski definition) is 6. The molecule has 6 rings (SSSR count). The van der Waals surface area contributed by atoms with Crippen molar-refractivity contribution < 1.29 is 13.2 Å². The lowest BCUT2D eigenvalue weighted by Crippen LogP contribution is -2.56. The summed E-state index contributed by atoms with van der Waals surface area (Å²) in [5.74, 6) is 1.39. The Morgan fingerprint density at radius 2 is 1.87 bits per heavy atom. The van der Waals surface area contributed by atoms with Crippen molar-refractivity contribution in [3.8, 4) is 0 Å². The average Bonchev–Trinajstić information content (AvgIpc) is 3.49. The Kier molecular flexibility index (Phi) is 7.58. The van der Waals surface area contributed by atoms with Gasteiger partial charge in [0.25, 0.3) is 0 Å². The normalized spacial score (nSPS) is 29.8. The molecule has 2 aromatic rings. The van der Waals surface area contributed by atoms with Crippen LogP contribution in [0.15, 0.2) is 23.3 Å². The fourth-order valence-electron chi connectivity index (χ4n) is 7.01. The third kappa shape index (κ3) is 5.29. The lowest BCUT2D eigenvalue weighted by atomic mass is 9.85. The van der Waals surface area contributed by atoms with Crippen LogP contribution >= 0.6 is 11.8 Å². The zero-order chi connectivity index (χ0) is 26.4. The third-order valence-electron chi connectivity index (χ3n) is 9.04. The molecule has 0 radical (unpaired) electrons. The number of imidazole rings is 1. The van der Waals surface area contributed by atoms with E-state index in [1.165, 1.54) is 35.9 Å². The molecule has 0 aromatic carbocycles. The van der Waals surface area contributed by atoms with Crippen LogP contribution in [0.4, 0.5) is 13.2 Å². The number of likely N-dealkylation sites (tertiary alicyclic amines) is 1. The summed E-state index contributed by atoms with van der Waals surface area (Å²) >= 11 is 1.85. The van der Waals surface area contributed by atoms with E-state index in [4.69, 9.17) is 0 Å². The van der Waals surface area contributed by atoms with E-state index >= 15 is 0 Å². The highest BCUT2D eigenvalue weighted by Crippen LogP contribution is 2.40. The molecule has 3 unspecified atom stereocenters. The number of thioether (sulfide) groups is 1. The molecule has 0 spiro atoms. The number of fused-ring (bicyclic) bond motifs is 1. The summed E-state index contributed by atoms with van der Waals surface area (Å²) in [7, 11) is 0. The van der Waals surface area contributed by atoms with E-state index in [1.807, 2.05) is 11.8 Å². The van der Waals surface area contributed by atoms with E-state index in [2.05, 4.69) is 27.6 Å². The predicted molar refractivity (Wildman–Crippen MR) is 144 cm³/mol. The summed E-state index contributed by atoms with van der Waals surface area (Å²) in [5, 5.41) is 0. The Hall–Kier alpha value is -1.53. The molecule has 210 valence electrons. The summed E-state index contributed by atoms with van der Waals surface area (Å²) in [6.45, 7) is 4.37. The number of hydrogen-bond donors (Lipinski definition) is 2. The summed E-state index contributed by atoms with van der Waals surface area (Å²) in [4.78, 5) is 18.4. The number of nitrogens with zero attached hydrogens (tertiary/aromatic N) is 4. The summed E-state index contributed by atoms with van der Waals surface area (Å²) in [6.07, 6.45) is 8.03. The number of halogens is 3. The smallest absolute Gasteiger partial charge is 0.299 e. The quantitative estimate of drug-likeness (QED) is 0.539. The zero-order valence-corrected chi connectivity index (χ0v) is 22.9. The van der Waals surface area contributed by atoms with Gasteiger partial charge < -0.3 is 0 Å². The number of hydrazine groups is 1. The first-order chi connectivity index (χ1) is 18.3. The van der Waals surface area contributed by atoms with E-state index in [-0.39, 0.29) is 22.7 Å². The van der Waals surface area contributed by atoms with E-state index < -0.39 is 11.7 Å². The van der Waals surface area contributed by atoms with Gasteiger partial charge in [0.05, 0.1) is 17.0 Å². The lowest BCUT2D eigenvalue weighted by molar-refractivity contribution is -0.136. The lowest BCUT2D eigenvalue weighted by Gasteiger charge is -2.47. The molecule has 2 N–H and O–H groups in total. The molecular weight excluding hydrogens is 513 g/mol. The van der Waals surface area contributed by atoms with Gasteiger partial charge in [0.15, 0.2) is 0 Å². The van der Waals surface area contributed by atoms with E-state index in [1.54, 1.807) is 10.8 Å². The fourth-order valence-corrected chi connectivity index (χ4v) is 8.01. The van der Waals surface area contributed by atoms with Gasteiger partial charge in [0.1, 0.15) is 5.50 Å². The Labute approximate surface area is 226 Å². The highest BCUT2D eigenvalue weighted by atomic mass is 32.2. The van der Waals surface area contributed by atoms with Gasteiger partial charge in [0.2, 0.25) is 0 Å². The van der Waals surface area contributed by atoms with Crippen LogP contribution in [0.2, 0.25) is 0 Å². The van der Waals surface area contributed by atoms with Crippen molar-refractivity contribution in [2.24, 2.45) is 5.92 Å². The predicted octanol–water partition coefficient (Wildman–Crippen LogP) is 4.77. The van der Waals surface area contributed by atoms with Gasteiger partial charge in [-0.1, -0.05) is 13.3 Å². The SMILES string of the molecule is C[C@H]1CCCN(Cc2cc(C(F)(F)F)c3cn(C4CCCC(N(C5CCC5)C5NNCS5)C4)c(=O)n3c2)C1. The van der Waals surface area contributed by atoms with Crippen LogP contribution < -0.4 is 16.5 Å². The number of rotatable bonds is 6. The third-order valence-corrected chi connectivity index (χ3v) is 10.0. The Morgan fingerprint density at radius 1 is 1.08 bits per heavy atom. The molecule has 2 saturated carbocycles. The molecule has 2 aliphatic carbocycles. The second-order valence-corrected chi connectivity index (χ2v) is 12.9. The van der Waals surface area contributed by atoms with Gasteiger partial charge in [-0.3, -0.25) is 18.8 Å². The van der Waals surface area contributed by atoms with Crippen molar-refractivity contribution >= 4 is 17.3 Å². The Morgan fingerprint density at radius 3 is 2.55 bits per heavy atom. The fraction of sp³-hybridized carbons (Fsp3) is 0.741.